The zero-order chi connectivity index (χ0) is 18.3. The number of rotatable bonds is 9. The van der Waals surface area contributed by atoms with E-state index in [4.69, 9.17) is 4.74 Å². The number of hydrogen-bond acceptors (Lipinski definition) is 4. The zero-order valence-corrected chi connectivity index (χ0v) is 15.6. The normalized spacial score (nSPS) is 13.4. The maximum absolute atomic E-state index is 12.3. The van der Waals surface area contributed by atoms with Crippen LogP contribution < -0.4 is 5.32 Å². The van der Waals surface area contributed by atoms with Gasteiger partial charge in [-0.3, -0.25) is 14.3 Å². The van der Waals surface area contributed by atoms with Crippen molar-refractivity contribution < 1.29 is 14.3 Å². The second-order valence-corrected chi connectivity index (χ2v) is 6.23. The molecule has 0 saturated heterocycles. The maximum Gasteiger partial charge on any atom is 0.269 e. The lowest BCUT2D eigenvalue weighted by Crippen LogP contribution is -2.43. The first-order valence-electron chi connectivity index (χ1n) is 8.39. The van der Waals surface area contributed by atoms with E-state index in [0.717, 1.165) is 12.1 Å². The van der Waals surface area contributed by atoms with Crippen LogP contribution in [-0.4, -0.2) is 59.3 Å². The molecule has 1 aromatic heterocycles. The summed E-state index contributed by atoms with van der Waals surface area (Å²) in [7, 11) is 5.14. The van der Waals surface area contributed by atoms with E-state index in [1.165, 1.54) is 0 Å². The monoisotopic (exact) mass is 338 g/mol. The van der Waals surface area contributed by atoms with Crippen LogP contribution in [0.1, 0.15) is 49.8 Å². The van der Waals surface area contributed by atoms with E-state index in [9.17, 15) is 9.59 Å². The summed E-state index contributed by atoms with van der Waals surface area (Å²) in [6, 6.07) is 1.65. The Kier molecular flexibility index (Phi) is 7.91. The summed E-state index contributed by atoms with van der Waals surface area (Å²) < 4.78 is 6.73. The van der Waals surface area contributed by atoms with Crippen LogP contribution in [0.2, 0.25) is 0 Å². The van der Waals surface area contributed by atoms with E-state index >= 15 is 0 Å². The van der Waals surface area contributed by atoms with E-state index in [1.807, 2.05) is 20.8 Å². The molecule has 2 unspecified atom stereocenters. The highest BCUT2D eigenvalue weighted by Crippen LogP contribution is 2.06. The predicted octanol–water partition coefficient (Wildman–Crippen LogP) is 1.37. The number of aromatic nitrogens is 2. The molecule has 0 spiro atoms. The Bertz CT molecular complexity index is 556. The van der Waals surface area contributed by atoms with Crippen molar-refractivity contribution in [3.63, 3.8) is 0 Å². The molecular formula is C17H30N4O3. The van der Waals surface area contributed by atoms with Gasteiger partial charge in [0.2, 0.25) is 5.91 Å². The molecular weight excluding hydrogens is 308 g/mol. The number of hydrogen-bond donors (Lipinski definition) is 1. The summed E-state index contributed by atoms with van der Waals surface area (Å²) in [6.07, 6.45) is 1.98. The highest BCUT2D eigenvalue weighted by Gasteiger charge is 2.18. The molecule has 0 aliphatic carbocycles. The maximum atomic E-state index is 12.3. The predicted molar refractivity (Wildman–Crippen MR) is 92.9 cm³/mol. The summed E-state index contributed by atoms with van der Waals surface area (Å²) in [5, 5.41) is 7.19. The highest BCUT2D eigenvalue weighted by molar-refractivity contribution is 5.92. The lowest BCUT2D eigenvalue weighted by molar-refractivity contribution is -0.130. The van der Waals surface area contributed by atoms with Gasteiger partial charge in [-0.2, -0.15) is 5.10 Å². The Morgan fingerprint density at radius 1 is 1.42 bits per heavy atom. The Labute approximate surface area is 144 Å². The number of amides is 2. The van der Waals surface area contributed by atoms with Crippen molar-refractivity contribution in [3.05, 3.63) is 17.5 Å². The van der Waals surface area contributed by atoms with Crippen molar-refractivity contribution >= 4 is 11.8 Å². The fourth-order valence-corrected chi connectivity index (χ4v) is 2.40. The van der Waals surface area contributed by atoms with Gasteiger partial charge in [0.05, 0.1) is 11.8 Å². The van der Waals surface area contributed by atoms with Gasteiger partial charge in [0, 0.05) is 40.2 Å². The quantitative estimate of drug-likeness (QED) is 0.738. The molecule has 0 radical (unpaired) electrons. The topological polar surface area (TPSA) is 76.5 Å². The van der Waals surface area contributed by atoms with Crippen molar-refractivity contribution in [2.45, 2.75) is 52.2 Å². The molecule has 0 saturated carbocycles. The van der Waals surface area contributed by atoms with Gasteiger partial charge in [-0.25, -0.2) is 0 Å². The second kappa shape index (κ2) is 9.42. The molecule has 0 aliphatic rings. The SMILES string of the molecule is CCc1cc(C(=O)NC(C)CN(C)C(=O)CCC(C)OC)n(C)n1. The summed E-state index contributed by atoms with van der Waals surface area (Å²) >= 11 is 0. The van der Waals surface area contributed by atoms with Gasteiger partial charge >= 0.3 is 0 Å². The van der Waals surface area contributed by atoms with Crippen LogP contribution in [0.25, 0.3) is 0 Å². The summed E-state index contributed by atoms with van der Waals surface area (Å²) in [4.78, 5) is 26.1. The van der Waals surface area contributed by atoms with Crippen LogP contribution in [0.4, 0.5) is 0 Å². The van der Waals surface area contributed by atoms with Crippen molar-refractivity contribution in [3.8, 4) is 0 Å². The standard InChI is InChI=1S/C17H30N4O3/c1-7-14-10-15(21(5)19-14)17(23)18-12(2)11-20(4)16(22)9-8-13(3)24-6/h10,12-13H,7-9,11H2,1-6H3,(H,18,23). The minimum absolute atomic E-state index is 0.0498. The third kappa shape index (κ3) is 5.96. The molecule has 7 heteroatoms. The molecule has 0 aliphatic heterocycles. The average molecular weight is 338 g/mol. The largest absolute Gasteiger partial charge is 0.382 e. The van der Waals surface area contributed by atoms with Gasteiger partial charge in [0.25, 0.3) is 5.91 Å². The number of carbonyl (C=O) groups is 2. The smallest absolute Gasteiger partial charge is 0.269 e. The number of likely N-dealkylation sites (N-methyl/N-ethyl adjacent to an activating group) is 1. The summed E-state index contributed by atoms with van der Waals surface area (Å²) in [6.45, 7) is 6.28. The van der Waals surface area contributed by atoms with Crippen LogP contribution >= 0.6 is 0 Å². The van der Waals surface area contributed by atoms with Gasteiger partial charge in [0.1, 0.15) is 5.69 Å². The Morgan fingerprint density at radius 2 is 2.08 bits per heavy atom. The van der Waals surface area contributed by atoms with Crippen LogP contribution in [0, 0.1) is 0 Å². The van der Waals surface area contributed by atoms with Gasteiger partial charge in [0.15, 0.2) is 0 Å². The lowest BCUT2D eigenvalue weighted by Gasteiger charge is -2.23. The number of aryl methyl sites for hydroxylation is 2. The molecule has 24 heavy (non-hydrogen) atoms. The first kappa shape index (κ1) is 20.2. The average Bonchev–Trinajstić information content (AvgIpc) is 2.92. The fourth-order valence-electron chi connectivity index (χ4n) is 2.40. The summed E-state index contributed by atoms with van der Waals surface area (Å²) in [5.41, 5.74) is 1.41. The van der Waals surface area contributed by atoms with Crippen molar-refractivity contribution in [2.75, 3.05) is 20.7 Å². The molecule has 0 aromatic carbocycles. The van der Waals surface area contributed by atoms with Crippen molar-refractivity contribution in [1.82, 2.24) is 20.0 Å². The zero-order valence-electron chi connectivity index (χ0n) is 15.6. The second-order valence-electron chi connectivity index (χ2n) is 6.23. The van der Waals surface area contributed by atoms with E-state index in [-0.39, 0.29) is 24.0 Å². The van der Waals surface area contributed by atoms with E-state index in [0.29, 0.717) is 25.1 Å². The van der Waals surface area contributed by atoms with Gasteiger partial charge in [-0.15, -0.1) is 0 Å². The Balaban J connectivity index is 2.49. The van der Waals surface area contributed by atoms with Crippen LogP contribution in [-0.2, 0) is 23.0 Å². The third-order valence-corrected chi connectivity index (χ3v) is 4.04. The van der Waals surface area contributed by atoms with Gasteiger partial charge in [-0.1, -0.05) is 6.92 Å². The van der Waals surface area contributed by atoms with Crippen molar-refractivity contribution in [2.24, 2.45) is 7.05 Å². The number of methoxy groups -OCH3 is 1. The van der Waals surface area contributed by atoms with Crippen molar-refractivity contribution in [1.29, 1.82) is 0 Å². The molecule has 0 fully saturated rings. The Hall–Kier alpha value is -1.89. The minimum atomic E-state index is -0.175. The number of ether oxygens (including phenoxy) is 1. The van der Waals surface area contributed by atoms with E-state index in [1.54, 1.807) is 36.9 Å². The first-order valence-corrected chi connectivity index (χ1v) is 8.39. The number of nitrogens with zero attached hydrogens (tertiary/aromatic N) is 3. The van der Waals surface area contributed by atoms with Crippen LogP contribution in [0.5, 0.6) is 0 Å². The minimum Gasteiger partial charge on any atom is -0.382 e. The lowest BCUT2D eigenvalue weighted by atomic mass is 10.2. The summed E-state index contributed by atoms with van der Waals surface area (Å²) in [5.74, 6) is -0.125. The van der Waals surface area contributed by atoms with Gasteiger partial charge in [-0.05, 0) is 32.8 Å². The molecule has 136 valence electrons. The molecule has 2 amide bonds. The number of nitrogens with one attached hydrogen (secondary N) is 1. The van der Waals surface area contributed by atoms with E-state index in [2.05, 4.69) is 10.4 Å². The molecule has 7 nitrogen and oxygen atoms in total. The van der Waals surface area contributed by atoms with Crippen LogP contribution in [0.15, 0.2) is 6.07 Å². The van der Waals surface area contributed by atoms with Crippen LogP contribution in [0.3, 0.4) is 0 Å². The molecule has 1 heterocycles. The molecule has 1 N–H and O–H groups in total. The third-order valence-electron chi connectivity index (χ3n) is 4.04. The number of carbonyl (C=O) groups excluding carboxylic acids is 2. The molecule has 2 atom stereocenters. The first-order chi connectivity index (χ1) is 11.3. The molecule has 1 rings (SSSR count). The molecule has 1 aromatic rings. The molecule has 0 bridgehead atoms. The van der Waals surface area contributed by atoms with Gasteiger partial charge < -0.3 is 15.0 Å². The fraction of sp³-hybridized carbons (Fsp3) is 0.706. The highest BCUT2D eigenvalue weighted by atomic mass is 16.5. The Morgan fingerprint density at radius 3 is 2.62 bits per heavy atom. The van der Waals surface area contributed by atoms with E-state index < -0.39 is 0 Å².